The van der Waals surface area contributed by atoms with E-state index in [1.54, 1.807) is 49.5 Å². The number of aryl methyl sites for hydroxylation is 1. The van der Waals surface area contributed by atoms with Crippen molar-refractivity contribution in [2.75, 3.05) is 0 Å². The van der Waals surface area contributed by atoms with Gasteiger partial charge >= 0.3 is 5.97 Å². The predicted octanol–water partition coefficient (Wildman–Crippen LogP) is 3.09. The summed E-state index contributed by atoms with van der Waals surface area (Å²) < 4.78 is 1.45. The Hall–Kier alpha value is -2.73. The van der Waals surface area contributed by atoms with Crippen LogP contribution in [0.15, 0.2) is 63.1 Å². The van der Waals surface area contributed by atoms with Crippen LogP contribution in [0.25, 0.3) is 10.9 Å². The summed E-state index contributed by atoms with van der Waals surface area (Å²) in [6, 6.07) is 13.4. The second-order valence-corrected chi connectivity index (χ2v) is 6.01. The zero-order chi connectivity index (χ0) is 16.6. The summed E-state index contributed by atoms with van der Waals surface area (Å²) in [5.41, 5.74) is 0.337. The van der Waals surface area contributed by atoms with E-state index in [4.69, 9.17) is 0 Å². The minimum Gasteiger partial charge on any atom is -0.506 e. The molecule has 2 N–H and O–H groups in total. The van der Waals surface area contributed by atoms with Gasteiger partial charge in [-0.15, -0.1) is 0 Å². The second kappa shape index (κ2) is 5.81. The number of hydrogen-bond donors (Lipinski definition) is 2. The van der Waals surface area contributed by atoms with Crippen LogP contribution in [0.1, 0.15) is 10.4 Å². The third-order valence-electron chi connectivity index (χ3n) is 3.56. The van der Waals surface area contributed by atoms with Gasteiger partial charge in [-0.2, -0.15) is 0 Å². The van der Waals surface area contributed by atoms with Gasteiger partial charge < -0.3 is 14.8 Å². The lowest BCUT2D eigenvalue weighted by Gasteiger charge is -2.12. The molecule has 1 aromatic heterocycles. The molecule has 0 aliphatic heterocycles. The van der Waals surface area contributed by atoms with E-state index in [2.05, 4.69) is 0 Å². The summed E-state index contributed by atoms with van der Waals surface area (Å²) in [4.78, 5) is 24.3. The van der Waals surface area contributed by atoms with E-state index in [9.17, 15) is 19.8 Å². The van der Waals surface area contributed by atoms with Crippen LogP contribution in [0, 0.1) is 0 Å². The average Bonchev–Trinajstić information content (AvgIpc) is 2.57. The van der Waals surface area contributed by atoms with Crippen molar-refractivity contribution >= 4 is 28.6 Å². The molecule has 0 saturated carbocycles. The van der Waals surface area contributed by atoms with Crippen molar-refractivity contribution in [1.82, 2.24) is 4.57 Å². The van der Waals surface area contributed by atoms with E-state index >= 15 is 0 Å². The van der Waals surface area contributed by atoms with Gasteiger partial charge in [0.15, 0.2) is 0 Å². The number of para-hydroxylation sites is 1. The molecule has 1 heterocycles. The van der Waals surface area contributed by atoms with Gasteiger partial charge in [0.05, 0.1) is 11.1 Å². The number of nitrogens with zero attached hydrogens (tertiary/aromatic N) is 1. The minimum atomic E-state index is -1.08. The van der Waals surface area contributed by atoms with Gasteiger partial charge in [-0.3, -0.25) is 4.79 Å². The Morgan fingerprint density at radius 3 is 2.48 bits per heavy atom. The Labute approximate surface area is 135 Å². The number of fused-ring (bicyclic) bond motifs is 1. The van der Waals surface area contributed by atoms with Gasteiger partial charge in [0.2, 0.25) is 0 Å². The van der Waals surface area contributed by atoms with Crippen LogP contribution >= 0.6 is 11.8 Å². The molecule has 0 atom stereocenters. The first-order chi connectivity index (χ1) is 11.0. The number of rotatable bonds is 3. The standard InChI is InChI=1S/C17H13NO4S/c1-18-12-8-4-2-6-10(12)14(19)15(16(18)20)23-13-9-5-3-7-11(13)17(21)22/h2-9,19H,1H3,(H,21,22). The number of aromatic carboxylic acids is 1. The zero-order valence-electron chi connectivity index (χ0n) is 12.2. The summed E-state index contributed by atoms with van der Waals surface area (Å²) in [5, 5.41) is 20.3. The lowest BCUT2D eigenvalue weighted by Crippen LogP contribution is -2.19. The molecule has 0 aliphatic carbocycles. The smallest absolute Gasteiger partial charge is 0.336 e. The van der Waals surface area contributed by atoms with Crippen LogP contribution in [0.5, 0.6) is 5.75 Å². The lowest BCUT2D eigenvalue weighted by molar-refractivity contribution is 0.0693. The van der Waals surface area contributed by atoms with Gasteiger partial charge in [0.25, 0.3) is 5.56 Å². The molecule has 116 valence electrons. The molecule has 0 amide bonds. The highest BCUT2D eigenvalue weighted by atomic mass is 32.2. The Bertz CT molecular complexity index is 978. The van der Waals surface area contributed by atoms with E-state index in [0.717, 1.165) is 11.8 Å². The van der Waals surface area contributed by atoms with Gasteiger partial charge in [0.1, 0.15) is 10.6 Å². The summed E-state index contributed by atoms with van der Waals surface area (Å²) in [5.74, 6) is -1.21. The fourth-order valence-electron chi connectivity index (χ4n) is 2.39. The summed E-state index contributed by atoms with van der Waals surface area (Å²) in [6.45, 7) is 0. The van der Waals surface area contributed by atoms with Crippen LogP contribution in [-0.4, -0.2) is 20.7 Å². The summed E-state index contributed by atoms with van der Waals surface area (Å²) >= 11 is 0.961. The molecule has 3 aromatic rings. The van der Waals surface area contributed by atoms with Crippen LogP contribution in [-0.2, 0) is 7.05 Å². The van der Waals surface area contributed by atoms with E-state index < -0.39 is 5.97 Å². The lowest BCUT2D eigenvalue weighted by atomic mass is 10.2. The highest BCUT2D eigenvalue weighted by Gasteiger charge is 2.18. The topological polar surface area (TPSA) is 79.5 Å². The molecule has 0 bridgehead atoms. The molecular weight excluding hydrogens is 314 g/mol. The van der Waals surface area contributed by atoms with Crippen molar-refractivity contribution in [1.29, 1.82) is 0 Å². The third-order valence-corrected chi connectivity index (χ3v) is 4.71. The molecular formula is C17H13NO4S. The number of hydrogen-bond acceptors (Lipinski definition) is 4. The highest BCUT2D eigenvalue weighted by Crippen LogP contribution is 2.37. The molecule has 0 fully saturated rings. The molecule has 2 aromatic carbocycles. The van der Waals surface area contributed by atoms with Crippen molar-refractivity contribution in [3.63, 3.8) is 0 Å². The molecule has 6 heteroatoms. The van der Waals surface area contributed by atoms with Crippen molar-refractivity contribution in [3.05, 3.63) is 64.4 Å². The molecule has 0 radical (unpaired) electrons. The predicted molar refractivity (Wildman–Crippen MR) is 88.4 cm³/mol. The molecule has 3 rings (SSSR count). The van der Waals surface area contributed by atoms with Gasteiger partial charge in [0, 0.05) is 17.3 Å². The SMILES string of the molecule is Cn1c(=O)c(Sc2ccccc2C(=O)O)c(O)c2ccccc21. The zero-order valence-corrected chi connectivity index (χ0v) is 13.0. The van der Waals surface area contributed by atoms with Crippen molar-refractivity contribution in [2.24, 2.45) is 7.05 Å². The second-order valence-electron chi connectivity index (χ2n) is 4.96. The maximum absolute atomic E-state index is 12.5. The number of carboxylic acids is 1. The van der Waals surface area contributed by atoms with E-state index in [1.165, 1.54) is 10.6 Å². The minimum absolute atomic E-state index is 0.0899. The third kappa shape index (κ3) is 2.57. The number of pyridine rings is 1. The van der Waals surface area contributed by atoms with E-state index in [1.807, 2.05) is 0 Å². The summed E-state index contributed by atoms with van der Waals surface area (Å²) in [6.07, 6.45) is 0. The van der Waals surface area contributed by atoms with Crippen molar-refractivity contribution in [2.45, 2.75) is 9.79 Å². The normalized spacial score (nSPS) is 10.8. The highest BCUT2D eigenvalue weighted by molar-refractivity contribution is 7.99. The molecule has 23 heavy (non-hydrogen) atoms. The monoisotopic (exact) mass is 327 g/mol. The van der Waals surface area contributed by atoms with E-state index in [0.29, 0.717) is 15.8 Å². The first-order valence-electron chi connectivity index (χ1n) is 6.81. The first-order valence-corrected chi connectivity index (χ1v) is 7.63. The van der Waals surface area contributed by atoms with Crippen molar-refractivity contribution < 1.29 is 15.0 Å². The van der Waals surface area contributed by atoms with Gasteiger partial charge in [-0.05, 0) is 24.3 Å². The Morgan fingerprint density at radius 2 is 1.74 bits per heavy atom. The maximum atomic E-state index is 12.5. The largest absolute Gasteiger partial charge is 0.506 e. The number of benzene rings is 2. The fraction of sp³-hybridized carbons (Fsp3) is 0.0588. The number of aromatic hydroxyl groups is 1. The van der Waals surface area contributed by atoms with Gasteiger partial charge in [-0.1, -0.05) is 36.0 Å². The van der Waals surface area contributed by atoms with Crippen LogP contribution < -0.4 is 5.56 Å². The maximum Gasteiger partial charge on any atom is 0.336 e. The fourth-order valence-corrected chi connectivity index (χ4v) is 3.45. The van der Waals surface area contributed by atoms with E-state index in [-0.39, 0.29) is 21.8 Å². The average molecular weight is 327 g/mol. The molecule has 0 saturated heterocycles. The molecule has 0 aliphatic rings. The number of aromatic nitrogens is 1. The van der Waals surface area contributed by atoms with Crippen LogP contribution in [0.2, 0.25) is 0 Å². The number of carbonyl (C=O) groups is 1. The van der Waals surface area contributed by atoms with Crippen LogP contribution in [0.3, 0.4) is 0 Å². The molecule has 0 unspecified atom stereocenters. The molecule has 5 nitrogen and oxygen atoms in total. The van der Waals surface area contributed by atoms with Crippen LogP contribution in [0.4, 0.5) is 0 Å². The van der Waals surface area contributed by atoms with Crippen molar-refractivity contribution in [3.8, 4) is 5.75 Å². The Morgan fingerprint density at radius 1 is 1.09 bits per heavy atom. The number of carboxylic acid groups (broad SMARTS) is 1. The van der Waals surface area contributed by atoms with Gasteiger partial charge in [-0.25, -0.2) is 4.79 Å². The Kier molecular flexibility index (Phi) is 3.83. The Balaban J connectivity index is 2.23. The molecule has 0 spiro atoms. The first kappa shape index (κ1) is 15.2. The quantitative estimate of drug-likeness (QED) is 0.773. The summed E-state index contributed by atoms with van der Waals surface area (Å²) in [7, 11) is 1.62.